The first-order valence-corrected chi connectivity index (χ1v) is 9.46. The zero-order valence-electron chi connectivity index (χ0n) is 14.2. The number of rotatable bonds is 8. The van der Waals surface area contributed by atoms with Gasteiger partial charge in [-0.25, -0.2) is 4.98 Å². The molecule has 6 heteroatoms. The van der Waals surface area contributed by atoms with Crippen molar-refractivity contribution in [3.8, 4) is 0 Å². The fourth-order valence-electron chi connectivity index (χ4n) is 3.20. The van der Waals surface area contributed by atoms with Crippen molar-refractivity contribution < 1.29 is 0 Å². The Morgan fingerprint density at radius 2 is 2.35 bits per heavy atom. The Balaban J connectivity index is 1.66. The summed E-state index contributed by atoms with van der Waals surface area (Å²) in [4.78, 5) is 8.35. The fourth-order valence-corrected chi connectivity index (χ4v) is 4.02. The van der Waals surface area contributed by atoms with E-state index in [2.05, 4.69) is 45.0 Å². The third-order valence-electron chi connectivity index (χ3n) is 4.44. The Hall–Kier alpha value is -1.24. The topological polar surface area (TPSA) is 46.0 Å². The summed E-state index contributed by atoms with van der Waals surface area (Å²) in [6, 6.07) is 0. The first kappa shape index (κ1) is 16.6. The largest absolute Gasteiger partial charge is 0.316 e. The molecule has 1 aliphatic rings. The van der Waals surface area contributed by atoms with E-state index in [4.69, 9.17) is 0 Å². The van der Waals surface area contributed by atoms with Crippen LogP contribution in [-0.2, 0) is 19.6 Å². The van der Waals surface area contributed by atoms with E-state index < -0.39 is 0 Å². The van der Waals surface area contributed by atoms with Crippen molar-refractivity contribution in [2.75, 3.05) is 19.6 Å². The minimum Gasteiger partial charge on any atom is -0.316 e. The average molecular weight is 334 g/mol. The minimum absolute atomic E-state index is 0.758. The monoisotopic (exact) mass is 333 g/mol. The second kappa shape index (κ2) is 8.04. The lowest BCUT2D eigenvalue weighted by Gasteiger charge is -2.24. The Morgan fingerprint density at radius 1 is 1.43 bits per heavy atom. The lowest BCUT2D eigenvalue weighted by Crippen LogP contribution is -2.29. The van der Waals surface area contributed by atoms with Crippen LogP contribution in [0.2, 0.25) is 0 Å². The van der Waals surface area contributed by atoms with Crippen LogP contribution < -0.4 is 5.32 Å². The molecule has 0 spiro atoms. The molecule has 0 amide bonds. The van der Waals surface area contributed by atoms with Gasteiger partial charge in [0.2, 0.25) is 0 Å². The van der Waals surface area contributed by atoms with Crippen LogP contribution in [0.15, 0.2) is 17.9 Å². The summed E-state index contributed by atoms with van der Waals surface area (Å²) in [6.45, 7) is 10.7. The number of aryl methyl sites for hydroxylation is 2. The quantitative estimate of drug-likeness (QED) is 0.807. The molecule has 1 unspecified atom stereocenters. The second-order valence-electron chi connectivity index (χ2n) is 6.50. The van der Waals surface area contributed by atoms with Crippen molar-refractivity contribution in [3.63, 3.8) is 0 Å². The van der Waals surface area contributed by atoms with E-state index >= 15 is 0 Å². The summed E-state index contributed by atoms with van der Waals surface area (Å²) in [6.07, 6.45) is 6.63. The normalized spacial score (nSPS) is 18.1. The molecule has 1 aliphatic heterocycles. The summed E-state index contributed by atoms with van der Waals surface area (Å²) in [5.41, 5.74) is 4.44. The molecule has 1 fully saturated rings. The zero-order valence-corrected chi connectivity index (χ0v) is 15.0. The molecular weight excluding hydrogens is 306 g/mol. The van der Waals surface area contributed by atoms with Crippen LogP contribution in [0.3, 0.4) is 0 Å². The lowest BCUT2D eigenvalue weighted by atomic mass is 10.1. The molecule has 1 saturated heterocycles. The van der Waals surface area contributed by atoms with Gasteiger partial charge in [0, 0.05) is 42.8 Å². The highest BCUT2D eigenvalue weighted by Crippen LogP contribution is 2.19. The molecule has 1 N–H and O–H groups in total. The van der Waals surface area contributed by atoms with E-state index in [1.807, 2.05) is 11.7 Å². The molecule has 5 nitrogen and oxygen atoms in total. The Bertz CT molecular complexity index is 600. The maximum absolute atomic E-state index is 4.47. The van der Waals surface area contributed by atoms with Crippen LogP contribution in [-0.4, -0.2) is 39.3 Å². The van der Waals surface area contributed by atoms with Gasteiger partial charge in [-0.2, -0.15) is 5.10 Å². The van der Waals surface area contributed by atoms with Crippen LogP contribution in [0.25, 0.3) is 0 Å². The Kier molecular flexibility index (Phi) is 5.80. The number of thiazole rings is 1. The molecule has 0 radical (unpaired) electrons. The van der Waals surface area contributed by atoms with Crippen LogP contribution in [0, 0.1) is 12.8 Å². The number of nitrogens with one attached hydrogen (secondary N) is 1. The van der Waals surface area contributed by atoms with Gasteiger partial charge in [-0.3, -0.25) is 9.58 Å². The van der Waals surface area contributed by atoms with Gasteiger partial charge in [0.25, 0.3) is 0 Å². The lowest BCUT2D eigenvalue weighted by molar-refractivity contribution is 0.222. The molecule has 3 rings (SSSR count). The Morgan fingerprint density at radius 3 is 3.04 bits per heavy atom. The third-order valence-corrected chi connectivity index (χ3v) is 5.36. The smallest absolute Gasteiger partial charge is 0.0798 e. The SMILES string of the molecule is CCCn1cc(CN(Cc2scnc2C)CC2CCNC2)cn1. The molecule has 1 atom stereocenters. The second-order valence-corrected chi connectivity index (χ2v) is 7.44. The molecule has 126 valence electrons. The highest BCUT2D eigenvalue weighted by atomic mass is 32.1. The van der Waals surface area contributed by atoms with Gasteiger partial charge < -0.3 is 5.32 Å². The summed E-state index contributed by atoms with van der Waals surface area (Å²) in [5, 5.41) is 7.95. The third kappa shape index (κ3) is 4.62. The number of hydrogen-bond donors (Lipinski definition) is 1. The van der Waals surface area contributed by atoms with Crippen LogP contribution >= 0.6 is 11.3 Å². The van der Waals surface area contributed by atoms with Crippen LogP contribution in [0.5, 0.6) is 0 Å². The van der Waals surface area contributed by atoms with Crippen molar-refractivity contribution in [2.24, 2.45) is 5.92 Å². The van der Waals surface area contributed by atoms with Crippen molar-refractivity contribution in [1.82, 2.24) is 25.0 Å². The van der Waals surface area contributed by atoms with Crippen molar-refractivity contribution >= 4 is 11.3 Å². The van der Waals surface area contributed by atoms with Crippen molar-refractivity contribution in [3.05, 3.63) is 34.0 Å². The predicted molar refractivity (Wildman–Crippen MR) is 94.5 cm³/mol. The van der Waals surface area contributed by atoms with E-state index in [9.17, 15) is 0 Å². The maximum Gasteiger partial charge on any atom is 0.0798 e. The molecule has 23 heavy (non-hydrogen) atoms. The summed E-state index contributed by atoms with van der Waals surface area (Å²) in [7, 11) is 0. The summed E-state index contributed by atoms with van der Waals surface area (Å²) in [5.74, 6) is 0.758. The Labute approximate surface area is 142 Å². The van der Waals surface area contributed by atoms with Gasteiger partial charge in [0.1, 0.15) is 0 Å². The molecule has 0 bridgehead atoms. The summed E-state index contributed by atoms with van der Waals surface area (Å²) < 4.78 is 2.06. The molecular formula is C17H27N5S. The molecule has 3 heterocycles. The van der Waals surface area contributed by atoms with Gasteiger partial charge in [0.15, 0.2) is 0 Å². The van der Waals surface area contributed by atoms with Gasteiger partial charge in [0.05, 0.1) is 17.4 Å². The number of hydrogen-bond acceptors (Lipinski definition) is 5. The summed E-state index contributed by atoms with van der Waals surface area (Å²) >= 11 is 1.77. The number of aromatic nitrogens is 3. The average Bonchev–Trinajstić information content (AvgIpc) is 3.25. The van der Waals surface area contributed by atoms with Gasteiger partial charge in [-0.05, 0) is 38.8 Å². The molecule has 2 aromatic rings. The maximum atomic E-state index is 4.47. The first-order chi connectivity index (χ1) is 11.2. The standard InChI is InChI=1S/C17H27N5S/c1-3-6-22-11-16(8-20-22)10-21(9-15-4-5-18-7-15)12-17-14(2)19-13-23-17/h8,11,13,15,18H,3-7,9-10,12H2,1-2H3. The van der Waals surface area contributed by atoms with E-state index in [1.54, 1.807) is 11.3 Å². The van der Waals surface area contributed by atoms with E-state index in [1.165, 1.54) is 22.6 Å². The van der Waals surface area contributed by atoms with E-state index in [0.29, 0.717) is 0 Å². The van der Waals surface area contributed by atoms with Crippen LogP contribution in [0.1, 0.15) is 35.9 Å². The number of nitrogens with zero attached hydrogens (tertiary/aromatic N) is 4. The van der Waals surface area contributed by atoms with E-state index in [-0.39, 0.29) is 0 Å². The van der Waals surface area contributed by atoms with Crippen molar-refractivity contribution in [2.45, 2.75) is 46.3 Å². The predicted octanol–water partition coefficient (Wildman–Crippen LogP) is 2.67. The molecule has 2 aromatic heterocycles. The zero-order chi connectivity index (χ0) is 16.1. The molecule has 0 aromatic carbocycles. The molecule has 0 aliphatic carbocycles. The molecule has 0 saturated carbocycles. The van der Waals surface area contributed by atoms with Gasteiger partial charge in [-0.1, -0.05) is 6.92 Å². The van der Waals surface area contributed by atoms with Gasteiger partial charge in [-0.15, -0.1) is 11.3 Å². The van der Waals surface area contributed by atoms with E-state index in [0.717, 1.165) is 51.6 Å². The highest BCUT2D eigenvalue weighted by Gasteiger charge is 2.20. The highest BCUT2D eigenvalue weighted by molar-refractivity contribution is 7.09. The van der Waals surface area contributed by atoms with Crippen LogP contribution in [0.4, 0.5) is 0 Å². The first-order valence-electron chi connectivity index (χ1n) is 8.58. The minimum atomic E-state index is 0.758. The van der Waals surface area contributed by atoms with Crippen molar-refractivity contribution in [1.29, 1.82) is 0 Å². The van der Waals surface area contributed by atoms with Gasteiger partial charge >= 0.3 is 0 Å². The fraction of sp³-hybridized carbons (Fsp3) is 0.647.